The molecule has 0 radical (unpaired) electrons. The molecule has 1 saturated heterocycles. The van der Waals surface area contributed by atoms with E-state index >= 15 is 0 Å². The third-order valence-corrected chi connectivity index (χ3v) is 5.01. The number of aryl methyl sites for hydroxylation is 1. The molecular weight excluding hydrogens is 328 g/mol. The largest absolute Gasteiger partial charge is 0.379 e. The Morgan fingerprint density at radius 3 is 2.65 bits per heavy atom. The van der Waals surface area contributed by atoms with Crippen molar-refractivity contribution in [3.63, 3.8) is 0 Å². The molecule has 1 heterocycles. The van der Waals surface area contributed by atoms with Gasteiger partial charge in [0.25, 0.3) is 0 Å². The van der Waals surface area contributed by atoms with Crippen molar-refractivity contribution in [2.24, 2.45) is 0 Å². The van der Waals surface area contributed by atoms with Crippen molar-refractivity contribution in [1.82, 2.24) is 10.2 Å². The highest BCUT2D eigenvalue weighted by atomic mass is 16.5. The Hall–Kier alpha value is -1.88. The van der Waals surface area contributed by atoms with Crippen LogP contribution in [0.15, 0.2) is 24.3 Å². The third kappa shape index (κ3) is 5.31. The van der Waals surface area contributed by atoms with Crippen LogP contribution in [0.3, 0.4) is 0 Å². The maximum absolute atomic E-state index is 12.7. The molecule has 0 spiro atoms. The number of ether oxygens (including phenoxy) is 1. The fourth-order valence-corrected chi connectivity index (χ4v) is 3.28. The summed E-state index contributed by atoms with van der Waals surface area (Å²) in [5.41, 5.74) is 1.65. The predicted molar refractivity (Wildman–Crippen MR) is 103 cm³/mol. The molecule has 2 rings (SSSR count). The van der Waals surface area contributed by atoms with Crippen LogP contribution >= 0.6 is 0 Å². The van der Waals surface area contributed by atoms with Gasteiger partial charge in [0.2, 0.25) is 11.8 Å². The van der Waals surface area contributed by atoms with Crippen LogP contribution < -0.4 is 5.32 Å². The standard InChI is InChI=1S/C21H32N2O3/c1-16(2)26-15-5-13-22-20(25)21(4)12-10-19(24)23(21)14-11-18-8-6-17(3)7-9-18/h6-9,16H,5,10-15H2,1-4H3,(H,22,25)/t21-/m1/s1. The van der Waals surface area contributed by atoms with Crippen molar-refractivity contribution in [3.05, 3.63) is 35.4 Å². The van der Waals surface area contributed by atoms with Gasteiger partial charge in [-0.3, -0.25) is 9.59 Å². The summed E-state index contributed by atoms with van der Waals surface area (Å²) in [6.45, 7) is 9.70. The predicted octanol–water partition coefficient (Wildman–Crippen LogP) is 2.85. The minimum Gasteiger partial charge on any atom is -0.379 e. The van der Waals surface area contributed by atoms with Gasteiger partial charge < -0.3 is 15.0 Å². The number of nitrogens with zero attached hydrogens (tertiary/aromatic N) is 1. The number of benzene rings is 1. The van der Waals surface area contributed by atoms with E-state index in [1.807, 2.05) is 20.8 Å². The monoisotopic (exact) mass is 360 g/mol. The van der Waals surface area contributed by atoms with Crippen molar-refractivity contribution in [2.75, 3.05) is 19.7 Å². The Morgan fingerprint density at radius 2 is 2.00 bits per heavy atom. The average molecular weight is 360 g/mol. The Balaban J connectivity index is 1.88. The lowest BCUT2D eigenvalue weighted by atomic mass is 9.97. The summed E-state index contributed by atoms with van der Waals surface area (Å²) in [6, 6.07) is 8.32. The lowest BCUT2D eigenvalue weighted by Gasteiger charge is -2.34. The Bertz CT molecular complexity index is 612. The van der Waals surface area contributed by atoms with E-state index in [0.717, 1.165) is 12.8 Å². The fourth-order valence-electron chi connectivity index (χ4n) is 3.28. The van der Waals surface area contributed by atoms with E-state index in [1.54, 1.807) is 4.90 Å². The zero-order valence-corrected chi connectivity index (χ0v) is 16.5. The Morgan fingerprint density at radius 1 is 1.31 bits per heavy atom. The van der Waals surface area contributed by atoms with E-state index in [-0.39, 0.29) is 17.9 Å². The SMILES string of the molecule is Cc1ccc(CCN2C(=O)CC[C@]2(C)C(=O)NCCCOC(C)C)cc1. The van der Waals surface area contributed by atoms with Crippen molar-refractivity contribution in [2.45, 2.75) is 65.0 Å². The van der Waals surface area contributed by atoms with Gasteiger partial charge in [0.1, 0.15) is 5.54 Å². The smallest absolute Gasteiger partial charge is 0.245 e. The minimum atomic E-state index is -0.749. The van der Waals surface area contributed by atoms with Gasteiger partial charge in [-0.15, -0.1) is 0 Å². The van der Waals surface area contributed by atoms with Gasteiger partial charge in [-0.2, -0.15) is 0 Å². The van der Waals surface area contributed by atoms with Gasteiger partial charge in [0, 0.05) is 26.1 Å². The number of rotatable bonds is 9. The van der Waals surface area contributed by atoms with Gasteiger partial charge in [-0.25, -0.2) is 0 Å². The van der Waals surface area contributed by atoms with Crippen LogP contribution in [0.1, 0.15) is 51.2 Å². The molecule has 0 aliphatic carbocycles. The second kappa shape index (κ2) is 9.17. The molecule has 1 fully saturated rings. The van der Waals surface area contributed by atoms with Gasteiger partial charge >= 0.3 is 0 Å². The first kappa shape index (κ1) is 20.4. The lowest BCUT2D eigenvalue weighted by Crippen LogP contribution is -2.55. The first-order chi connectivity index (χ1) is 12.3. The first-order valence-corrected chi connectivity index (χ1v) is 9.59. The lowest BCUT2D eigenvalue weighted by molar-refractivity contribution is -0.140. The highest BCUT2D eigenvalue weighted by molar-refractivity contribution is 5.94. The molecule has 1 aromatic rings. The molecule has 0 bridgehead atoms. The second-order valence-corrected chi connectivity index (χ2v) is 7.58. The van der Waals surface area contributed by atoms with Gasteiger partial charge in [0.15, 0.2) is 0 Å². The van der Waals surface area contributed by atoms with Crippen LogP contribution in [0.25, 0.3) is 0 Å². The van der Waals surface area contributed by atoms with Gasteiger partial charge in [0.05, 0.1) is 6.10 Å². The average Bonchev–Trinajstić information content (AvgIpc) is 2.89. The quantitative estimate of drug-likeness (QED) is 0.689. The summed E-state index contributed by atoms with van der Waals surface area (Å²) >= 11 is 0. The first-order valence-electron chi connectivity index (χ1n) is 9.59. The maximum Gasteiger partial charge on any atom is 0.245 e. The summed E-state index contributed by atoms with van der Waals surface area (Å²) in [5.74, 6) is 0.00899. The summed E-state index contributed by atoms with van der Waals surface area (Å²) in [7, 11) is 0. The number of nitrogens with one attached hydrogen (secondary N) is 1. The highest BCUT2D eigenvalue weighted by Gasteiger charge is 2.46. The van der Waals surface area contributed by atoms with Crippen molar-refractivity contribution >= 4 is 11.8 Å². The maximum atomic E-state index is 12.7. The molecule has 0 unspecified atom stereocenters. The summed E-state index contributed by atoms with van der Waals surface area (Å²) in [5, 5.41) is 2.98. The second-order valence-electron chi connectivity index (χ2n) is 7.58. The highest BCUT2D eigenvalue weighted by Crippen LogP contribution is 2.30. The number of carbonyl (C=O) groups is 2. The van der Waals surface area contributed by atoms with Crippen LogP contribution in [-0.4, -0.2) is 48.1 Å². The van der Waals surface area contributed by atoms with Crippen molar-refractivity contribution in [1.29, 1.82) is 0 Å². The Labute approximate surface area is 157 Å². The molecule has 5 nitrogen and oxygen atoms in total. The topological polar surface area (TPSA) is 58.6 Å². The van der Waals surface area contributed by atoms with E-state index in [4.69, 9.17) is 4.74 Å². The van der Waals surface area contributed by atoms with E-state index in [1.165, 1.54) is 11.1 Å². The summed E-state index contributed by atoms with van der Waals surface area (Å²) in [6.07, 6.45) is 2.75. The zero-order chi connectivity index (χ0) is 19.2. The molecule has 0 aromatic heterocycles. The van der Waals surface area contributed by atoms with Crippen LogP contribution in [0.2, 0.25) is 0 Å². The Kier molecular flexibility index (Phi) is 7.21. The molecule has 2 amide bonds. The molecule has 1 N–H and O–H groups in total. The molecule has 0 saturated carbocycles. The van der Waals surface area contributed by atoms with Crippen LogP contribution in [0.5, 0.6) is 0 Å². The van der Waals surface area contributed by atoms with Gasteiger partial charge in [-0.1, -0.05) is 29.8 Å². The molecule has 144 valence electrons. The van der Waals surface area contributed by atoms with Crippen LogP contribution in [-0.2, 0) is 20.7 Å². The van der Waals surface area contributed by atoms with E-state index in [9.17, 15) is 9.59 Å². The summed E-state index contributed by atoms with van der Waals surface area (Å²) < 4.78 is 5.49. The number of hydrogen-bond acceptors (Lipinski definition) is 3. The van der Waals surface area contributed by atoms with Crippen LogP contribution in [0, 0.1) is 6.92 Å². The molecule has 1 aliphatic heterocycles. The molecule has 1 atom stereocenters. The number of amides is 2. The zero-order valence-electron chi connectivity index (χ0n) is 16.5. The van der Waals surface area contributed by atoms with E-state index in [0.29, 0.717) is 32.5 Å². The van der Waals surface area contributed by atoms with Crippen molar-refractivity contribution in [3.8, 4) is 0 Å². The fraction of sp³-hybridized carbons (Fsp3) is 0.619. The molecule has 5 heteroatoms. The molecular formula is C21H32N2O3. The number of carbonyl (C=O) groups excluding carboxylic acids is 2. The van der Waals surface area contributed by atoms with Gasteiger partial charge in [-0.05, 0) is 52.5 Å². The number of likely N-dealkylation sites (tertiary alicyclic amines) is 1. The van der Waals surface area contributed by atoms with E-state index < -0.39 is 5.54 Å². The van der Waals surface area contributed by atoms with Crippen molar-refractivity contribution < 1.29 is 14.3 Å². The number of hydrogen-bond donors (Lipinski definition) is 1. The van der Waals surface area contributed by atoms with E-state index in [2.05, 4.69) is 36.5 Å². The summed E-state index contributed by atoms with van der Waals surface area (Å²) in [4.78, 5) is 26.8. The normalized spacial score (nSPS) is 20.0. The molecule has 1 aromatic carbocycles. The molecule has 1 aliphatic rings. The third-order valence-electron chi connectivity index (χ3n) is 5.01. The van der Waals surface area contributed by atoms with Crippen LogP contribution in [0.4, 0.5) is 0 Å². The molecule has 26 heavy (non-hydrogen) atoms. The minimum absolute atomic E-state index is 0.0585.